The van der Waals surface area contributed by atoms with Crippen LogP contribution in [0.4, 0.5) is 4.39 Å². The van der Waals surface area contributed by atoms with Crippen molar-refractivity contribution in [3.63, 3.8) is 0 Å². The Bertz CT molecular complexity index is 403. The quantitative estimate of drug-likeness (QED) is 0.504. The second kappa shape index (κ2) is 6.98. The molecule has 0 aromatic heterocycles. The second-order valence-electron chi connectivity index (χ2n) is 2.77. The average Bonchev–Trinajstić information content (AvgIpc) is 2.20. The van der Waals surface area contributed by atoms with Crippen molar-refractivity contribution >= 4 is 23.1 Å². The van der Waals surface area contributed by atoms with Gasteiger partial charge in [-0.1, -0.05) is 35.9 Å². The van der Waals surface area contributed by atoms with E-state index in [-0.39, 0.29) is 45.9 Å². The van der Waals surface area contributed by atoms with Crippen molar-refractivity contribution in [1.82, 2.24) is 0 Å². The smallest absolute Gasteiger partial charge is 1.00 e. The molecule has 0 saturated heterocycles. The first-order valence-electron chi connectivity index (χ1n) is 4.09. The van der Waals surface area contributed by atoms with Gasteiger partial charge in [0.25, 0.3) is 0 Å². The fourth-order valence-corrected chi connectivity index (χ4v) is 1.26. The zero-order chi connectivity index (χ0) is 9.10. The van der Waals surface area contributed by atoms with Crippen molar-refractivity contribution in [3.8, 4) is 11.1 Å². The van der Waals surface area contributed by atoms with Crippen molar-refractivity contribution < 1.29 is 21.4 Å². The Morgan fingerprint density at radius 1 is 1.00 bits per heavy atom. The first-order valence-corrected chi connectivity index (χ1v) is 4.09. The number of halogens is 2. The third kappa shape index (κ3) is 3.59. The van der Waals surface area contributed by atoms with Crippen LogP contribution in [-0.4, -0.2) is 23.1 Å². The fourth-order valence-electron chi connectivity index (χ4n) is 1.26. The maximum atomic E-state index is 13.2. The van der Waals surface area contributed by atoms with E-state index in [2.05, 4.69) is 6.07 Å². The van der Waals surface area contributed by atoms with E-state index in [0.717, 1.165) is 5.56 Å². The summed E-state index contributed by atoms with van der Waals surface area (Å²) in [6.07, 6.45) is 0. The van der Waals surface area contributed by atoms with E-state index in [0.29, 0.717) is 5.56 Å². The van der Waals surface area contributed by atoms with Crippen molar-refractivity contribution in [3.05, 3.63) is 60.4 Å². The molecule has 72 valence electrons. The molecule has 0 amide bonds. The molecule has 0 aliphatic carbocycles. The molecule has 0 radical (unpaired) electrons. The molecule has 15 heavy (non-hydrogen) atoms. The number of rotatable bonds is 1. The van der Waals surface area contributed by atoms with Gasteiger partial charge in [0.2, 0.25) is 0 Å². The largest absolute Gasteiger partial charge is 2.00 e. The first kappa shape index (κ1) is 14.6. The van der Waals surface area contributed by atoms with Crippen LogP contribution in [0, 0.1) is 11.9 Å². The number of hydrogen-bond acceptors (Lipinski definition) is 0. The molecule has 0 spiro atoms. The Morgan fingerprint density at radius 2 is 1.67 bits per heavy atom. The summed E-state index contributed by atoms with van der Waals surface area (Å²) in [7, 11) is 0. The van der Waals surface area contributed by atoms with Crippen LogP contribution >= 0.6 is 0 Å². The van der Waals surface area contributed by atoms with Gasteiger partial charge in [0.15, 0.2) is 0 Å². The molecule has 2 aromatic rings. The van der Waals surface area contributed by atoms with E-state index in [1.165, 1.54) is 6.07 Å². The van der Waals surface area contributed by atoms with Crippen LogP contribution in [0.1, 0.15) is 0 Å². The summed E-state index contributed by atoms with van der Waals surface area (Å²) >= 11 is 0. The predicted octanol–water partition coefficient (Wildman–Crippen LogP) is -0.0839. The Hall–Kier alpha value is -0.384. The fraction of sp³-hybridized carbons (Fsp3) is 0. The van der Waals surface area contributed by atoms with Crippen LogP contribution in [0.2, 0.25) is 0 Å². The Kier molecular flexibility index (Phi) is 6.81. The van der Waals surface area contributed by atoms with Gasteiger partial charge >= 0.3 is 23.1 Å². The maximum Gasteiger partial charge on any atom is 2.00 e. The SMILES string of the molecule is Fc1c[c-]ccc1-c1ccccc1.[Br-].[Mg+2]. The van der Waals surface area contributed by atoms with Gasteiger partial charge in [0, 0.05) is 5.82 Å². The van der Waals surface area contributed by atoms with E-state index in [1.807, 2.05) is 30.3 Å². The third-order valence-corrected chi connectivity index (χ3v) is 1.90. The standard InChI is InChI=1S/C12H8F.BrH.Mg/c13-12-9-5-4-8-11(12)10-6-2-1-3-7-10;;/h1-4,6-9H;1H;/q-1;;+2/p-1. The van der Waals surface area contributed by atoms with Gasteiger partial charge in [-0.2, -0.15) is 18.2 Å². The van der Waals surface area contributed by atoms with Gasteiger partial charge in [-0.3, -0.25) is 4.39 Å². The summed E-state index contributed by atoms with van der Waals surface area (Å²) in [6, 6.07) is 17.0. The Balaban J connectivity index is 0.000000980. The van der Waals surface area contributed by atoms with Gasteiger partial charge in [-0.05, 0) is 5.56 Å². The molecule has 0 fully saturated rings. The van der Waals surface area contributed by atoms with E-state index < -0.39 is 0 Å². The number of hydrogen-bond donors (Lipinski definition) is 0. The topological polar surface area (TPSA) is 0 Å². The minimum absolute atomic E-state index is 0. The molecule has 0 atom stereocenters. The van der Waals surface area contributed by atoms with Crippen LogP contribution in [0.3, 0.4) is 0 Å². The molecular formula is C12H8BrFMg. The summed E-state index contributed by atoms with van der Waals surface area (Å²) in [5.41, 5.74) is 1.52. The molecule has 0 heterocycles. The van der Waals surface area contributed by atoms with Gasteiger partial charge in [-0.25, -0.2) is 0 Å². The monoisotopic (exact) mass is 274 g/mol. The molecule has 0 nitrogen and oxygen atoms in total. The Labute approximate surface area is 115 Å². The molecule has 0 bridgehead atoms. The molecule has 3 heteroatoms. The first-order chi connectivity index (χ1) is 6.38. The van der Waals surface area contributed by atoms with Crippen molar-refractivity contribution in [2.24, 2.45) is 0 Å². The maximum absolute atomic E-state index is 13.2. The normalized spacial score (nSPS) is 8.60. The molecule has 0 saturated carbocycles. The average molecular weight is 275 g/mol. The molecule has 0 aliphatic heterocycles. The molecule has 0 aliphatic rings. The Morgan fingerprint density at radius 3 is 2.27 bits per heavy atom. The molecule has 0 unspecified atom stereocenters. The second-order valence-corrected chi connectivity index (χ2v) is 2.77. The number of benzene rings is 2. The summed E-state index contributed by atoms with van der Waals surface area (Å²) < 4.78 is 13.2. The molecule has 0 N–H and O–H groups in total. The van der Waals surface area contributed by atoms with Crippen molar-refractivity contribution in [2.45, 2.75) is 0 Å². The van der Waals surface area contributed by atoms with E-state index in [1.54, 1.807) is 12.1 Å². The predicted molar refractivity (Wildman–Crippen MR) is 56.4 cm³/mol. The van der Waals surface area contributed by atoms with Gasteiger partial charge < -0.3 is 17.0 Å². The van der Waals surface area contributed by atoms with Gasteiger partial charge in [0.1, 0.15) is 0 Å². The van der Waals surface area contributed by atoms with Crippen LogP contribution in [-0.2, 0) is 0 Å². The van der Waals surface area contributed by atoms with E-state index >= 15 is 0 Å². The summed E-state index contributed by atoms with van der Waals surface area (Å²) in [4.78, 5) is 0. The summed E-state index contributed by atoms with van der Waals surface area (Å²) in [5.74, 6) is -0.228. The summed E-state index contributed by atoms with van der Waals surface area (Å²) in [5, 5.41) is 0. The van der Waals surface area contributed by atoms with E-state index in [9.17, 15) is 4.39 Å². The van der Waals surface area contributed by atoms with Gasteiger partial charge in [0.05, 0.1) is 0 Å². The zero-order valence-electron chi connectivity index (χ0n) is 8.08. The van der Waals surface area contributed by atoms with Crippen LogP contribution < -0.4 is 17.0 Å². The molecule has 2 aromatic carbocycles. The zero-order valence-corrected chi connectivity index (χ0v) is 11.1. The van der Waals surface area contributed by atoms with E-state index in [4.69, 9.17) is 0 Å². The van der Waals surface area contributed by atoms with Crippen LogP contribution in [0.5, 0.6) is 0 Å². The third-order valence-electron chi connectivity index (χ3n) is 1.90. The van der Waals surface area contributed by atoms with Crippen LogP contribution in [0.15, 0.2) is 48.5 Å². The summed E-state index contributed by atoms with van der Waals surface area (Å²) in [6.45, 7) is 0. The van der Waals surface area contributed by atoms with Gasteiger partial charge in [-0.15, -0.1) is 6.07 Å². The van der Waals surface area contributed by atoms with Crippen LogP contribution in [0.25, 0.3) is 11.1 Å². The van der Waals surface area contributed by atoms with Crippen molar-refractivity contribution in [2.75, 3.05) is 0 Å². The minimum atomic E-state index is -0.228. The molecule has 2 rings (SSSR count). The minimum Gasteiger partial charge on any atom is -1.00 e. The molecular weight excluding hydrogens is 267 g/mol. The van der Waals surface area contributed by atoms with Crippen molar-refractivity contribution in [1.29, 1.82) is 0 Å².